The van der Waals surface area contributed by atoms with Crippen molar-refractivity contribution in [3.8, 4) is 0 Å². The summed E-state index contributed by atoms with van der Waals surface area (Å²) in [6, 6.07) is 0.363. The summed E-state index contributed by atoms with van der Waals surface area (Å²) in [5.41, 5.74) is 6.11. The highest BCUT2D eigenvalue weighted by atomic mass is 32.1. The molecule has 3 nitrogen and oxygen atoms in total. The lowest BCUT2D eigenvalue weighted by atomic mass is 9.96. The predicted molar refractivity (Wildman–Crippen MR) is 68.7 cm³/mol. The van der Waals surface area contributed by atoms with Gasteiger partial charge in [-0.25, -0.2) is 4.98 Å². The summed E-state index contributed by atoms with van der Waals surface area (Å²) in [7, 11) is 0. The third kappa shape index (κ3) is 2.81. The monoisotopic (exact) mass is 239 g/mol. The van der Waals surface area contributed by atoms with Crippen LogP contribution in [-0.4, -0.2) is 29.0 Å². The first-order chi connectivity index (χ1) is 7.45. The van der Waals surface area contributed by atoms with Crippen molar-refractivity contribution in [1.29, 1.82) is 0 Å². The van der Waals surface area contributed by atoms with Gasteiger partial charge in [0.2, 0.25) is 0 Å². The summed E-state index contributed by atoms with van der Waals surface area (Å²) in [6.07, 6.45) is 3.15. The third-order valence-electron chi connectivity index (χ3n) is 2.96. The molecule has 1 aliphatic rings. The zero-order chi connectivity index (χ0) is 11.8. The Morgan fingerprint density at radius 2 is 2.31 bits per heavy atom. The Morgan fingerprint density at radius 3 is 2.81 bits per heavy atom. The molecule has 2 rings (SSSR count). The fourth-order valence-electron chi connectivity index (χ4n) is 1.93. The van der Waals surface area contributed by atoms with Gasteiger partial charge in [-0.15, -0.1) is 11.3 Å². The van der Waals surface area contributed by atoms with Crippen LogP contribution in [0.5, 0.6) is 0 Å². The number of nitrogens with zero attached hydrogens (tertiary/aromatic N) is 2. The molecule has 0 amide bonds. The van der Waals surface area contributed by atoms with Crippen molar-refractivity contribution in [2.75, 3.05) is 13.1 Å². The molecular weight excluding hydrogens is 218 g/mol. The molecule has 0 aromatic carbocycles. The van der Waals surface area contributed by atoms with Crippen LogP contribution in [-0.2, 0) is 12.0 Å². The molecule has 0 aliphatic carbocycles. The highest BCUT2D eigenvalue weighted by molar-refractivity contribution is 7.11. The average Bonchev–Trinajstić information content (AvgIpc) is 2.74. The largest absolute Gasteiger partial charge is 0.326 e. The summed E-state index contributed by atoms with van der Waals surface area (Å²) in [6.45, 7) is 9.80. The van der Waals surface area contributed by atoms with Crippen LogP contribution in [0.3, 0.4) is 0 Å². The van der Waals surface area contributed by atoms with Crippen LogP contribution in [0.15, 0.2) is 6.20 Å². The number of likely N-dealkylation sites (tertiary alicyclic amines) is 1. The second-order valence-electron chi connectivity index (χ2n) is 5.65. The van der Waals surface area contributed by atoms with E-state index in [1.54, 1.807) is 0 Å². The lowest BCUT2D eigenvalue weighted by Crippen LogP contribution is -2.26. The second kappa shape index (κ2) is 4.43. The minimum absolute atomic E-state index is 0.220. The van der Waals surface area contributed by atoms with Gasteiger partial charge in [0.05, 0.1) is 6.54 Å². The number of aromatic nitrogens is 1. The maximum atomic E-state index is 5.89. The molecular formula is C12H21N3S. The highest BCUT2D eigenvalue weighted by Crippen LogP contribution is 2.28. The fourth-order valence-corrected chi connectivity index (χ4v) is 2.95. The van der Waals surface area contributed by atoms with Crippen LogP contribution < -0.4 is 5.73 Å². The van der Waals surface area contributed by atoms with Crippen molar-refractivity contribution in [2.24, 2.45) is 5.73 Å². The number of hydrogen-bond donors (Lipinski definition) is 1. The van der Waals surface area contributed by atoms with Gasteiger partial charge in [0.15, 0.2) is 0 Å². The lowest BCUT2D eigenvalue weighted by Gasteiger charge is -2.15. The standard InChI is InChI=1S/C12H21N3S/c1-12(2,3)10-6-14-11(16-10)8-15-5-4-9(13)7-15/h6,9H,4-5,7-8,13H2,1-3H3/t9-/m1/s1. The van der Waals surface area contributed by atoms with Crippen molar-refractivity contribution in [3.63, 3.8) is 0 Å². The molecule has 1 fully saturated rings. The Labute approximate surface area is 102 Å². The minimum atomic E-state index is 0.220. The Morgan fingerprint density at radius 1 is 1.56 bits per heavy atom. The first-order valence-corrected chi connectivity index (χ1v) is 6.70. The Balaban J connectivity index is 1.98. The maximum Gasteiger partial charge on any atom is 0.107 e. The molecule has 0 bridgehead atoms. The molecule has 0 saturated carbocycles. The van der Waals surface area contributed by atoms with E-state index in [2.05, 4.69) is 30.7 Å². The van der Waals surface area contributed by atoms with E-state index >= 15 is 0 Å². The Hall–Kier alpha value is -0.450. The van der Waals surface area contributed by atoms with Gasteiger partial charge in [-0.2, -0.15) is 0 Å². The molecule has 1 saturated heterocycles. The minimum Gasteiger partial charge on any atom is -0.326 e. The fraction of sp³-hybridized carbons (Fsp3) is 0.750. The van der Waals surface area contributed by atoms with Crippen LogP contribution in [0.4, 0.5) is 0 Å². The van der Waals surface area contributed by atoms with Crippen molar-refractivity contribution in [2.45, 2.75) is 45.2 Å². The molecule has 4 heteroatoms. The van der Waals surface area contributed by atoms with Gasteiger partial charge in [-0.3, -0.25) is 4.90 Å². The molecule has 2 N–H and O–H groups in total. The zero-order valence-corrected chi connectivity index (χ0v) is 11.2. The van der Waals surface area contributed by atoms with Crippen molar-refractivity contribution >= 4 is 11.3 Å². The molecule has 1 atom stereocenters. The van der Waals surface area contributed by atoms with Crippen molar-refractivity contribution in [3.05, 3.63) is 16.1 Å². The quantitative estimate of drug-likeness (QED) is 0.858. The van der Waals surface area contributed by atoms with Gasteiger partial charge in [0.25, 0.3) is 0 Å². The van der Waals surface area contributed by atoms with Crippen molar-refractivity contribution < 1.29 is 0 Å². The van der Waals surface area contributed by atoms with E-state index in [-0.39, 0.29) is 5.41 Å². The van der Waals surface area contributed by atoms with Crippen LogP contribution in [0.25, 0.3) is 0 Å². The van der Waals surface area contributed by atoms with Gasteiger partial charge in [-0.1, -0.05) is 20.8 Å². The lowest BCUT2D eigenvalue weighted by molar-refractivity contribution is 0.326. The first-order valence-electron chi connectivity index (χ1n) is 5.88. The van der Waals surface area contributed by atoms with Crippen LogP contribution in [0.2, 0.25) is 0 Å². The summed E-state index contributed by atoms with van der Waals surface area (Å²) >= 11 is 1.83. The van der Waals surface area contributed by atoms with Gasteiger partial charge in [0.1, 0.15) is 5.01 Å². The summed E-state index contributed by atoms with van der Waals surface area (Å²) in [5.74, 6) is 0. The maximum absolute atomic E-state index is 5.89. The van der Waals surface area contributed by atoms with E-state index in [1.165, 1.54) is 9.88 Å². The molecule has 16 heavy (non-hydrogen) atoms. The Kier molecular flexibility index (Phi) is 3.33. The predicted octanol–water partition coefficient (Wildman–Crippen LogP) is 1.97. The molecule has 1 aromatic heterocycles. The molecule has 2 heterocycles. The smallest absolute Gasteiger partial charge is 0.107 e. The van der Waals surface area contributed by atoms with E-state index in [0.717, 1.165) is 26.1 Å². The van der Waals surface area contributed by atoms with Gasteiger partial charge >= 0.3 is 0 Å². The number of hydrogen-bond acceptors (Lipinski definition) is 4. The van der Waals surface area contributed by atoms with E-state index in [4.69, 9.17) is 5.73 Å². The normalized spacial score (nSPS) is 22.9. The summed E-state index contributed by atoms with van der Waals surface area (Å²) in [5, 5.41) is 1.22. The van der Waals surface area contributed by atoms with E-state index in [1.807, 2.05) is 17.5 Å². The van der Waals surface area contributed by atoms with Crippen LogP contribution in [0.1, 0.15) is 37.1 Å². The SMILES string of the molecule is CC(C)(C)c1cnc(CN2CC[C@@H](N)C2)s1. The topological polar surface area (TPSA) is 42.2 Å². The van der Waals surface area contributed by atoms with Crippen LogP contribution in [0, 0.1) is 0 Å². The average molecular weight is 239 g/mol. The van der Waals surface area contributed by atoms with Crippen LogP contribution >= 0.6 is 11.3 Å². The number of rotatable bonds is 2. The van der Waals surface area contributed by atoms with E-state index < -0.39 is 0 Å². The molecule has 0 spiro atoms. The number of thiazole rings is 1. The summed E-state index contributed by atoms with van der Waals surface area (Å²) < 4.78 is 0. The van der Waals surface area contributed by atoms with E-state index in [9.17, 15) is 0 Å². The van der Waals surface area contributed by atoms with Crippen molar-refractivity contribution in [1.82, 2.24) is 9.88 Å². The molecule has 90 valence electrons. The summed E-state index contributed by atoms with van der Waals surface area (Å²) in [4.78, 5) is 8.27. The highest BCUT2D eigenvalue weighted by Gasteiger charge is 2.21. The van der Waals surface area contributed by atoms with Gasteiger partial charge < -0.3 is 5.73 Å². The first kappa shape index (κ1) is 12.0. The van der Waals surface area contributed by atoms with Gasteiger partial charge in [-0.05, 0) is 11.8 Å². The zero-order valence-electron chi connectivity index (χ0n) is 10.4. The Bertz CT molecular complexity index is 353. The third-order valence-corrected chi connectivity index (χ3v) is 4.37. The van der Waals surface area contributed by atoms with E-state index in [0.29, 0.717) is 6.04 Å². The second-order valence-corrected chi connectivity index (χ2v) is 6.77. The molecule has 1 aromatic rings. The van der Waals surface area contributed by atoms with Gasteiger partial charge in [0, 0.05) is 30.2 Å². The number of nitrogens with two attached hydrogens (primary N) is 1. The molecule has 1 aliphatic heterocycles. The molecule has 0 unspecified atom stereocenters. The molecule has 0 radical (unpaired) electrons.